The Kier molecular flexibility index (Phi) is 2.39. The van der Waals surface area contributed by atoms with Crippen LogP contribution in [-0.4, -0.2) is 30.4 Å². The van der Waals surface area contributed by atoms with Crippen LogP contribution in [0, 0.1) is 5.41 Å². The molecule has 0 amide bonds. The minimum Gasteiger partial charge on any atom is -0.403 e. The Balaban J connectivity index is 1.49. The van der Waals surface area contributed by atoms with Crippen molar-refractivity contribution in [2.75, 3.05) is 0 Å². The van der Waals surface area contributed by atoms with E-state index in [1.165, 1.54) is 32.1 Å². The minimum atomic E-state index is -0.173. The van der Waals surface area contributed by atoms with E-state index in [4.69, 9.17) is 9.31 Å². The Hall–Kier alpha value is -0.0551. The number of nitrogens with one attached hydrogen (secondary N) is 1. The van der Waals surface area contributed by atoms with Crippen LogP contribution in [0.1, 0.15) is 59.8 Å². The molecule has 0 radical (unpaired) electrons. The summed E-state index contributed by atoms with van der Waals surface area (Å²) in [5, 5.41) is 3.75. The van der Waals surface area contributed by atoms with Crippen LogP contribution < -0.4 is 5.32 Å². The molecule has 3 aliphatic heterocycles. The fraction of sp³-hybridized carbons (Fsp3) is 1.00. The summed E-state index contributed by atoms with van der Waals surface area (Å²) in [7, 11) is 0.0301. The zero-order valence-corrected chi connectivity index (χ0v) is 12.7. The highest BCUT2D eigenvalue weighted by atomic mass is 16.7. The molecule has 3 nitrogen and oxygen atoms in total. The van der Waals surface area contributed by atoms with Crippen LogP contribution in [0.15, 0.2) is 0 Å². The van der Waals surface area contributed by atoms with Gasteiger partial charge in [-0.05, 0) is 65.2 Å². The standard InChI is InChI=1S/C15H26BNO2/c1-13(2)14(3,4)19-16(18-13)12-9-15(12)7-10-5-6-11(8-15)17-10/h10-12,17H,5-9H2,1-4H3. The molecule has 4 heteroatoms. The predicted octanol–water partition coefficient (Wildman–Crippen LogP) is 2.75. The number of rotatable bonds is 1. The van der Waals surface area contributed by atoms with E-state index in [-0.39, 0.29) is 18.3 Å². The monoisotopic (exact) mass is 263 g/mol. The van der Waals surface area contributed by atoms with Crippen molar-refractivity contribution >= 4 is 7.12 Å². The van der Waals surface area contributed by atoms with Crippen LogP contribution >= 0.6 is 0 Å². The molecule has 0 aromatic carbocycles. The second-order valence-corrected chi connectivity index (χ2v) is 8.34. The summed E-state index contributed by atoms with van der Waals surface area (Å²) in [6.45, 7) is 8.64. The first-order valence-corrected chi connectivity index (χ1v) is 7.93. The molecule has 3 saturated heterocycles. The van der Waals surface area contributed by atoms with Gasteiger partial charge in [0.05, 0.1) is 11.2 Å². The first-order valence-electron chi connectivity index (χ1n) is 7.93. The molecule has 4 aliphatic rings. The van der Waals surface area contributed by atoms with Gasteiger partial charge in [-0.15, -0.1) is 0 Å². The Bertz CT molecular complexity index is 381. The van der Waals surface area contributed by atoms with Gasteiger partial charge < -0.3 is 14.6 Å². The summed E-state index contributed by atoms with van der Waals surface area (Å²) in [5.41, 5.74) is 0.193. The van der Waals surface area contributed by atoms with Gasteiger partial charge in [-0.2, -0.15) is 0 Å². The quantitative estimate of drug-likeness (QED) is 0.738. The third-order valence-electron chi connectivity index (χ3n) is 6.49. The van der Waals surface area contributed by atoms with Crippen LogP contribution in [0.25, 0.3) is 0 Å². The molecule has 3 unspecified atom stereocenters. The average molecular weight is 263 g/mol. The molecule has 4 rings (SSSR count). The van der Waals surface area contributed by atoms with E-state index in [1.54, 1.807) is 0 Å². The molecule has 1 N–H and O–H groups in total. The van der Waals surface area contributed by atoms with E-state index >= 15 is 0 Å². The van der Waals surface area contributed by atoms with Crippen molar-refractivity contribution in [3.8, 4) is 0 Å². The fourth-order valence-electron chi connectivity index (χ4n) is 4.58. The highest BCUT2D eigenvalue weighted by Crippen LogP contribution is 2.69. The van der Waals surface area contributed by atoms with Gasteiger partial charge in [0, 0.05) is 17.9 Å². The van der Waals surface area contributed by atoms with Gasteiger partial charge >= 0.3 is 7.12 Å². The third kappa shape index (κ3) is 1.76. The van der Waals surface area contributed by atoms with Crippen LogP contribution in [0.4, 0.5) is 0 Å². The second kappa shape index (κ2) is 3.58. The van der Waals surface area contributed by atoms with Gasteiger partial charge in [0.25, 0.3) is 0 Å². The average Bonchev–Trinajstić information content (AvgIpc) is 2.77. The maximum absolute atomic E-state index is 6.26. The molecular formula is C15H26BNO2. The summed E-state index contributed by atoms with van der Waals surface area (Å²) in [5.74, 6) is 0.638. The molecule has 1 saturated carbocycles. The van der Waals surface area contributed by atoms with E-state index in [1.807, 2.05) is 0 Å². The van der Waals surface area contributed by atoms with E-state index in [0.29, 0.717) is 11.2 Å². The zero-order valence-electron chi connectivity index (χ0n) is 12.7. The van der Waals surface area contributed by atoms with Crippen LogP contribution in [0.2, 0.25) is 5.82 Å². The fourth-order valence-corrected chi connectivity index (χ4v) is 4.58. The summed E-state index contributed by atoms with van der Waals surface area (Å²) in [6.07, 6.45) is 6.76. The highest BCUT2D eigenvalue weighted by molar-refractivity contribution is 6.49. The highest BCUT2D eigenvalue weighted by Gasteiger charge is 2.68. The van der Waals surface area contributed by atoms with Crippen molar-refractivity contribution in [1.82, 2.24) is 5.32 Å². The lowest BCUT2D eigenvalue weighted by molar-refractivity contribution is 0.00578. The Morgan fingerprint density at radius 2 is 1.42 bits per heavy atom. The van der Waals surface area contributed by atoms with E-state index in [2.05, 4.69) is 33.0 Å². The van der Waals surface area contributed by atoms with Gasteiger partial charge in [0.15, 0.2) is 0 Å². The van der Waals surface area contributed by atoms with E-state index in [9.17, 15) is 0 Å². The zero-order chi connectivity index (χ0) is 13.5. The minimum absolute atomic E-state index is 0.0301. The summed E-state index contributed by atoms with van der Waals surface area (Å²) >= 11 is 0. The largest absolute Gasteiger partial charge is 0.461 e. The molecule has 1 spiro atoms. The van der Waals surface area contributed by atoms with Crippen LogP contribution in [-0.2, 0) is 9.31 Å². The number of piperidine rings is 1. The lowest BCUT2D eigenvalue weighted by atomic mass is 9.73. The van der Waals surface area contributed by atoms with E-state index in [0.717, 1.165) is 12.1 Å². The van der Waals surface area contributed by atoms with Gasteiger partial charge in [-0.1, -0.05) is 0 Å². The molecule has 106 valence electrons. The molecule has 1 aliphatic carbocycles. The maximum Gasteiger partial charge on any atom is 0.461 e. The van der Waals surface area contributed by atoms with Crippen LogP contribution in [0.5, 0.6) is 0 Å². The lowest BCUT2D eigenvalue weighted by Crippen LogP contribution is -2.41. The topological polar surface area (TPSA) is 30.5 Å². The maximum atomic E-state index is 6.26. The molecule has 3 atom stereocenters. The van der Waals surface area contributed by atoms with Gasteiger partial charge in [0.1, 0.15) is 0 Å². The van der Waals surface area contributed by atoms with E-state index < -0.39 is 0 Å². The normalized spacial score (nSPS) is 49.9. The molecule has 0 aromatic rings. The van der Waals surface area contributed by atoms with Gasteiger partial charge in [-0.25, -0.2) is 0 Å². The van der Waals surface area contributed by atoms with Gasteiger partial charge in [0.2, 0.25) is 0 Å². The first-order chi connectivity index (χ1) is 8.81. The Labute approximate surface area is 116 Å². The summed E-state index contributed by atoms with van der Waals surface area (Å²) in [6, 6.07) is 1.54. The second-order valence-electron chi connectivity index (χ2n) is 8.34. The molecule has 4 fully saturated rings. The summed E-state index contributed by atoms with van der Waals surface area (Å²) < 4.78 is 12.5. The predicted molar refractivity (Wildman–Crippen MR) is 76.1 cm³/mol. The van der Waals surface area contributed by atoms with Crippen molar-refractivity contribution in [2.24, 2.45) is 5.41 Å². The summed E-state index contributed by atoms with van der Waals surface area (Å²) in [4.78, 5) is 0. The first kappa shape index (κ1) is 12.7. The molecular weight excluding hydrogens is 237 g/mol. The molecule has 0 aromatic heterocycles. The lowest BCUT2D eigenvalue weighted by Gasteiger charge is -2.32. The molecule has 19 heavy (non-hydrogen) atoms. The smallest absolute Gasteiger partial charge is 0.403 e. The number of hydrogen-bond acceptors (Lipinski definition) is 3. The molecule has 2 bridgehead atoms. The Morgan fingerprint density at radius 1 is 0.895 bits per heavy atom. The Morgan fingerprint density at radius 3 is 1.95 bits per heavy atom. The van der Waals surface area contributed by atoms with Crippen molar-refractivity contribution in [3.63, 3.8) is 0 Å². The number of hydrogen-bond donors (Lipinski definition) is 1. The van der Waals surface area contributed by atoms with Crippen molar-refractivity contribution < 1.29 is 9.31 Å². The van der Waals surface area contributed by atoms with Crippen molar-refractivity contribution in [3.05, 3.63) is 0 Å². The van der Waals surface area contributed by atoms with Crippen LogP contribution in [0.3, 0.4) is 0 Å². The van der Waals surface area contributed by atoms with Crippen molar-refractivity contribution in [1.29, 1.82) is 0 Å². The van der Waals surface area contributed by atoms with Crippen molar-refractivity contribution in [2.45, 2.75) is 88.9 Å². The SMILES string of the molecule is CC1(C)OB(C2CC23CC2CCC(C3)N2)OC1(C)C. The number of fused-ring (bicyclic) bond motifs is 2. The molecule has 3 heterocycles. The van der Waals surface area contributed by atoms with Gasteiger partial charge in [-0.3, -0.25) is 0 Å². The third-order valence-corrected chi connectivity index (χ3v) is 6.49.